The monoisotopic (exact) mass is 290 g/mol. The SMILES string of the molecule is CCC(NC)c1ccc(N(C)CC2CCN(C)CC2)cn1. The highest BCUT2D eigenvalue weighted by atomic mass is 15.1. The van der Waals surface area contributed by atoms with E-state index in [0.717, 1.165) is 24.6 Å². The van der Waals surface area contributed by atoms with Crippen molar-refractivity contribution in [3.05, 3.63) is 24.0 Å². The molecule has 1 unspecified atom stereocenters. The van der Waals surface area contributed by atoms with Gasteiger partial charge in [-0.2, -0.15) is 0 Å². The molecule has 0 bridgehead atoms. The maximum absolute atomic E-state index is 4.63. The Balaban J connectivity index is 1.92. The van der Waals surface area contributed by atoms with E-state index >= 15 is 0 Å². The second-order valence-corrected chi connectivity index (χ2v) is 6.32. The van der Waals surface area contributed by atoms with E-state index in [0.29, 0.717) is 6.04 Å². The Bertz CT molecular complexity index is 405. The van der Waals surface area contributed by atoms with Gasteiger partial charge in [0.25, 0.3) is 0 Å². The Labute approximate surface area is 129 Å². The molecule has 1 aliphatic heterocycles. The number of hydrogen-bond acceptors (Lipinski definition) is 4. The summed E-state index contributed by atoms with van der Waals surface area (Å²) in [5.74, 6) is 0.812. The van der Waals surface area contributed by atoms with Crippen LogP contribution in [0.3, 0.4) is 0 Å². The molecule has 21 heavy (non-hydrogen) atoms. The van der Waals surface area contributed by atoms with Gasteiger partial charge in [-0.1, -0.05) is 6.92 Å². The molecule has 0 amide bonds. The standard InChI is InChI=1S/C17H30N4/c1-5-16(18-2)17-7-6-15(12-19-17)21(4)13-14-8-10-20(3)11-9-14/h6-7,12,14,16,18H,5,8-11,13H2,1-4H3. The molecule has 2 rings (SSSR count). The first kappa shape index (κ1) is 16.2. The number of anilines is 1. The molecule has 0 radical (unpaired) electrons. The number of likely N-dealkylation sites (tertiary alicyclic amines) is 1. The van der Waals surface area contributed by atoms with E-state index in [1.807, 2.05) is 13.2 Å². The molecule has 0 aromatic carbocycles. The van der Waals surface area contributed by atoms with E-state index in [1.165, 1.54) is 31.6 Å². The van der Waals surface area contributed by atoms with Crippen LogP contribution in [0.5, 0.6) is 0 Å². The molecule has 4 nitrogen and oxygen atoms in total. The van der Waals surface area contributed by atoms with Gasteiger partial charge < -0.3 is 15.1 Å². The maximum atomic E-state index is 4.63. The van der Waals surface area contributed by atoms with Crippen LogP contribution in [0.15, 0.2) is 18.3 Å². The van der Waals surface area contributed by atoms with Crippen LogP contribution in [0.4, 0.5) is 5.69 Å². The molecule has 1 fully saturated rings. The average Bonchev–Trinajstić information content (AvgIpc) is 2.51. The molecule has 0 saturated carbocycles. The Hall–Kier alpha value is -1.13. The highest BCUT2D eigenvalue weighted by Crippen LogP contribution is 2.21. The lowest BCUT2D eigenvalue weighted by atomic mass is 9.96. The minimum absolute atomic E-state index is 0.359. The average molecular weight is 290 g/mol. The summed E-state index contributed by atoms with van der Waals surface area (Å²) in [6, 6.07) is 4.72. The van der Waals surface area contributed by atoms with Gasteiger partial charge in [-0.3, -0.25) is 4.98 Å². The van der Waals surface area contributed by atoms with Crippen LogP contribution >= 0.6 is 0 Å². The summed E-state index contributed by atoms with van der Waals surface area (Å²) >= 11 is 0. The molecule has 2 heterocycles. The van der Waals surface area contributed by atoms with Gasteiger partial charge in [0, 0.05) is 19.6 Å². The molecule has 1 aliphatic rings. The molecular weight excluding hydrogens is 260 g/mol. The summed E-state index contributed by atoms with van der Waals surface area (Å²) in [4.78, 5) is 9.41. The van der Waals surface area contributed by atoms with Gasteiger partial charge in [0.2, 0.25) is 0 Å². The Kier molecular flexibility index (Phi) is 6.00. The Morgan fingerprint density at radius 3 is 2.62 bits per heavy atom. The summed E-state index contributed by atoms with van der Waals surface area (Å²) < 4.78 is 0. The molecule has 1 aromatic heterocycles. The van der Waals surface area contributed by atoms with E-state index in [9.17, 15) is 0 Å². The highest BCUT2D eigenvalue weighted by Gasteiger charge is 2.18. The van der Waals surface area contributed by atoms with Crippen molar-refractivity contribution >= 4 is 5.69 Å². The highest BCUT2D eigenvalue weighted by molar-refractivity contribution is 5.44. The minimum atomic E-state index is 0.359. The topological polar surface area (TPSA) is 31.4 Å². The van der Waals surface area contributed by atoms with E-state index < -0.39 is 0 Å². The zero-order valence-electron chi connectivity index (χ0n) is 14.0. The zero-order chi connectivity index (χ0) is 15.2. The predicted octanol–water partition coefficient (Wildman–Crippen LogP) is 2.53. The lowest BCUT2D eigenvalue weighted by Gasteiger charge is -2.32. The van der Waals surface area contributed by atoms with Crippen molar-refractivity contribution in [1.29, 1.82) is 0 Å². The molecule has 1 atom stereocenters. The first-order valence-electron chi connectivity index (χ1n) is 8.17. The molecule has 4 heteroatoms. The number of nitrogens with zero attached hydrogens (tertiary/aromatic N) is 3. The van der Waals surface area contributed by atoms with Crippen LogP contribution in [0.1, 0.15) is 37.9 Å². The van der Waals surface area contributed by atoms with Crippen molar-refractivity contribution in [2.45, 2.75) is 32.2 Å². The predicted molar refractivity (Wildman–Crippen MR) is 89.8 cm³/mol. The number of nitrogens with one attached hydrogen (secondary N) is 1. The maximum Gasteiger partial charge on any atom is 0.0574 e. The van der Waals surface area contributed by atoms with E-state index in [1.54, 1.807) is 0 Å². The first-order chi connectivity index (χ1) is 10.1. The van der Waals surface area contributed by atoms with Crippen LogP contribution in [0.2, 0.25) is 0 Å². The Morgan fingerprint density at radius 1 is 1.38 bits per heavy atom. The number of hydrogen-bond donors (Lipinski definition) is 1. The van der Waals surface area contributed by atoms with Gasteiger partial charge in [-0.25, -0.2) is 0 Å². The fourth-order valence-corrected chi connectivity index (χ4v) is 3.13. The second-order valence-electron chi connectivity index (χ2n) is 6.32. The van der Waals surface area contributed by atoms with Crippen LogP contribution in [-0.4, -0.2) is 50.7 Å². The normalized spacial score (nSPS) is 18.7. The second kappa shape index (κ2) is 7.76. The fourth-order valence-electron chi connectivity index (χ4n) is 3.13. The van der Waals surface area contributed by atoms with E-state index in [2.05, 4.69) is 53.3 Å². The largest absolute Gasteiger partial charge is 0.373 e. The third-order valence-corrected chi connectivity index (χ3v) is 4.70. The van der Waals surface area contributed by atoms with Crippen LogP contribution in [0, 0.1) is 5.92 Å². The van der Waals surface area contributed by atoms with Crippen molar-refractivity contribution in [2.24, 2.45) is 5.92 Å². The van der Waals surface area contributed by atoms with Crippen LogP contribution in [-0.2, 0) is 0 Å². The third-order valence-electron chi connectivity index (χ3n) is 4.70. The summed E-state index contributed by atoms with van der Waals surface area (Å²) in [6.45, 7) is 5.78. The lowest BCUT2D eigenvalue weighted by molar-refractivity contribution is 0.222. The summed E-state index contributed by atoms with van der Waals surface area (Å²) in [6.07, 6.45) is 5.70. The van der Waals surface area contributed by atoms with Crippen molar-refractivity contribution < 1.29 is 0 Å². The van der Waals surface area contributed by atoms with Gasteiger partial charge in [0.1, 0.15) is 0 Å². The summed E-state index contributed by atoms with van der Waals surface area (Å²) in [5.41, 5.74) is 2.36. The van der Waals surface area contributed by atoms with Crippen molar-refractivity contribution in [3.8, 4) is 0 Å². The van der Waals surface area contributed by atoms with Gasteiger partial charge in [-0.05, 0) is 64.5 Å². The van der Waals surface area contributed by atoms with E-state index in [4.69, 9.17) is 0 Å². The number of pyridine rings is 1. The smallest absolute Gasteiger partial charge is 0.0574 e. The third kappa shape index (κ3) is 4.42. The molecular formula is C17H30N4. The number of rotatable bonds is 6. The van der Waals surface area contributed by atoms with Crippen molar-refractivity contribution in [3.63, 3.8) is 0 Å². The van der Waals surface area contributed by atoms with Crippen molar-refractivity contribution in [2.75, 3.05) is 45.7 Å². The Morgan fingerprint density at radius 2 is 2.10 bits per heavy atom. The molecule has 0 aliphatic carbocycles. The first-order valence-corrected chi connectivity index (χ1v) is 8.17. The summed E-state index contributed by atoms with van der Waals surface area (Å²) in [7, 11) is 6.40. The quantitative estimate of drug-likeness (QED) is 0.872. The number of piperidine rings is 1. The fraction of sp³-hybridized carbons (Fsp3) is 0.706. The lowest BCUT2D eigenvalue weighted by Crippen LogP contribution is -2.35. The molecule has 1 N–H and O–H groups in total. The van der Waals surface area contributed by atoms with Crippen LogP contribution in [0.25, 0.3) is 0 Å². The van der Waals surface area contributed by atoms with Gasteiger partial charge in [0.15, 0.2) is 0 Å². The molecule has 1 aromatic rings. The molecule has 118 valence electrons. The molecule has 0 spiro atoms. The van der Waals surface area contributed by atoms with Crippen LogP contribution < -0.4 is 10.2 Å². The summed E-state index contributed by atoms with van der Waals surface area (Å²) in [5, 5.41) is 3.31. The van der Waals surface area contributed by atoms with Gasteiger partial charge >= 0.3 is 0 Å². The zero-order valence-corrected chi connectivity index (χ0v) is 14.0. The van der Waals surface area contributed by atoms with Gasteiger partial charge in [-0.15, -0.1) is 0 Å². The minimum Gasteiger partial charge on any atom is -0.373 e. The van der Waals surface area contributed by atoms with Crippen molar-refractivity contribution in [1.82, 2.24) is 15.2 Å². The molecule has 1 saturated heterocycles. The van der Waals surface area contributed by atoms with E-state index in [-0.39, 0.29) is 0 Å². The number of aromatic nitrogens is 1. The van der Waals surface area contributed by atoms with Gasteiger partial charge in [0.05, 0.1) is 17.6 Å².